The monoisotopic (exact) mass is 320 g/mol. The zero-order chi connectivity index (χ0) is 16.8. The number of rotatable bonds is 2. The molecule has 2 fully saturated rings. The van der Waals surface area contributed by atoms with Crippen LogP contribution in [0.15, 0.2) is 23.3 Å². The summed E-state index contributed by atoms with van der Waals surface area (Å²) in [7, 11) is 2.61. The number of esters is 2. The third-order valence-corrected chi connectivity index (χ3v) is 6.01. The van der Waals surface area contributed by atoms with Gasteiger partial charge < -0.3 is 18.9 Å². The second-order valence-electron chi connectivity index (χ2n) is 7.18. The second kappa shape index (κ2) is 4.05. The lowest BCUT2D eigenvalue weighted by atomic mass is 9.58. The van der Waals surface area contributed by atoms with Crippen molar-refractivity contribution in [2.75, 3.05) is 14.2 Å². The van der Waals surface area contributed by atoms with Gasteiger partial charge in [0.1, 0.15) is 11.2 Å². The molecule has 4 rings (SSSR count). The van der Waals surface area contributed by atoms with E-state index in [4.69, 9.17) is 18.9 Å². The van der Waals surface area contributed by atoms with Crippen LogP contribution in [0.25, 0.3) is 0 Å². The molecule has 0 aromatic rings. The lowest BCUT2D eigenvalue weighted by Crippen LogP contribution is -2.51. The SMILES string of the molecule is COC(=O)C1=C(C(=O)OC)[C@@]2(C)O[C@@]1(C)[C@@H]1[C@@H]2[C@@]2(C)C=C[C@H]1O2. The quantitative estimate of drug-likeness (QED) is 0.561. The fraction of sp³-hybridized carbons (Fsp3) is 0.647. The van der Waals surface area contributed by atoms with Crippen molar-refractivity contribution in [1.82, 2.24) is 0 Å². The van der Waals surface area contributed by atoms with Gasteiger partial charge in [-0.25, -0.2) is 9.59 Å². The summed E-state index contributed by atoms with van der Waals surface area (Å²) >= 11 is 0. The van der Waals surface area contributed by atoms with E-state index in [-0.39, 0.29) is 29.1 Å². The van der Waals surface area contributed by atoms with Crippen LogP contribution in [0.1, 0.15) is 20.8 Å². The Hall–Kier alpha value is -1.66. The van der Waals surface area contributed by atoms with Crippen molar-refractivity contribution in [3.8, 4) is 0 Å². The molecule has 4 aliphatic heterocycles. The Morgan fingerprint density at radius 2 is 1.61 bits per heavy atom. The standard InChI is InChI=1S/C17H20O6/c1-15-7-6-8(22-15)9-12(15)17(3)11(14(19)21-5)10(13(18)20-4)16(9,2)23-17/h6-9,12H,1-5H3/t8-,9+,12-,15-,16+,17-/m1/s1. The first-order valence-corrected chi connectivity index (χ1v) is 7.72. The van der Waals surface area contributed by atoms with E-state index >= 15 is 0 Å². The summed E-state index contributed by atoms with van der Waals surface area (Å²) in [6.07, 6.45) is 3.92. The largest absolute Gasteiger partial charge is 0.466 e. The fourth-order valence-electron chi connectivity index (χ4n) is 5.40. The van der Waals surface area contributed by atoms with Gasteiger partial charge in [-0.05, 0) is 20.8 Å². The molecule has 0 aromatic heterocycles. The lowest BCUT2D eigenvalue weighted by molar-refractivity contribution is -0.140. The van der Waals surface area contributed by atoms with E-state index < -0.39 is 28.7 Å². The molecule has 0 saturated carbocycles. The van der Waals surface area contributed by atoms with Gasteiger partial charge in [-0.2, -0.15) is 0 Å². The minimum atomic E-state index is -0.940. The van der Waals surface area contributed by atoms with Crippen molar-refractivity contribution < 1.29 is 28.5 Å². The van der Waals surface area contributed by atoms with E-state index in [0.29, 0.717) is 0 Å². The van der Waals surface area contributed by atoms with E-state index in [1.165, 1.54) is 14.2 Å². The summed E-state index contributed by atoms with van der Waals surface area (Å²) < 4.78 is 22.3. The molecule has 124 valence electrons. The molecule has 0 N–H and O–H groups in total. The summed E-state index contributed by atoms with van der Waals surface area (Å²) in [6, 6.07) is 0. The Bertz CT molecular complexity index is 693. The maximum absolute atomic E-state index is 12.5. The van der Waals surface area contributed by atoms with Gasteiger partial charge in [0.25, 0.3) is 0 Å². The Morgan fingerprint density at radius 3 is 2.17 bits per heavy atom. The predicted octanol–water partition coefficient (Wildman–Crippen LogP) is 1.15. The number of carbonyl (C=O) groups is 2. The van der Waals surface area contributed by atoms with E-state index in [0.717, 1.165) is 0 Å². The predicted molar refractivity (Wildman–Crippen MR) is 78.4 cm³/mol. The molecule has 6 nitrogen and oxygen atoms in total. The molecule has 0 amide bonds. The van der Waals surface area contributed by atoms with Crippen molar-refractivity contribution in [1.29, 1.82) is 0 Å². The summed E-state index contributed by atoms with van der Waals surface area (Å²) in [4.78, 5) is 24.9. The third-order valence-electron chi connectivity index (χ3n) is 6.01. The highest BCUT2D eigenvalue weighted by atomic mass is 16.6. The molecular weight excluding hydrogens is 300 g/mol. The smallest absolute Gasteiger partial charge is 0.337 e. The molecule has 0 radical (unpaired) electrons. The zero-order valence-corrected chi connectivity index (χ0v) is 13.8. The van der Waals surface area contributed by atoms with E-state index in [9.17, 15) is 9.59 Å². The average molecular weight is 320 g/mol. The van der Waals surface area contributed by atoms with Crippen molar-refractivity contribution in [3.63, 3.8) is 0 Å². The molecule has 0 aliphatic carbocycles. The van der Waals surface area contributed by atoms with Crippen LogP contribution in [0.3, 0.4) is 0 Å². The van der Waals surface area contributed by atoms with Crippen LogP contribution in [0.5, 0.6) is 0 Å². The number of methoxy groups -OCH3 is 2. The lowest BCUT2D eigenvalue weighted by Gasteiger charge is -2.39. The summed E-state index contributed by atoms with van der Waals surface area (Å²) in [5, 5.41) is 0. The summed E-state index contributed by atoms with van der Waals surface area (Å²) in [6.45, 7) is 5.69. The van der Waals surface area contributed by atoms with Gasteiger partial charge >= 0.3 is 11.9 Å². The fourth-order valence-corrected chi connectivity index (χ4v) is 5.40. The van der Waals surface area contributed by atoms with E-state index in [2.05, 4.69) is 0 Å². The van der Waals surface area contributed by atoms with Crippen molar-refractivity contribution in [2.45, 2.75) is 43.7 Å². The van der Waals surface area contributed by atoms with Gasteiger partial charge in [-0.1, -0.05) is 12.2 Å². The maximum Gasteiger partial charge on any atom is 0.337 e. The molecule has 0 unspecified atom stereocenters. The number of fused-ring (bicyclic) bond motifs is 9. The number of carbonyl (C=O) groups excluding carboxylic acids is 2. The Labute approximate surface area is 134 Å². The first kappa shape index (κ1) is 14.9. The number of hydrogen-bond acceptors (Lipinski definition) is 6. The molecule has 0 aromatic carbocycles. The Balaban J connectivity index is 1.97. The highest BCUT2D eigenvalue weighted by molar-refractivity contribution is 6.05. The highest BCUT2D eigenvalue weighted by Crippen LogP contribution is 2.69. The molecular formula is C17H20O6. The first-order valence-electron chi connectivity index (χ1n) is 7.72. The number of ether oxygens (including phenoxy) is 4. The van der Waals surface area contributed by atoms with Gasteiger partial charge in [0.05, 0.1) is 37.1 Å². The second-order valence-corrected chi connectivity index (χ2v) is 7.18. The van der Waals surface area contributed by atoms with Gasteiger partial charge in [0.2, 0.25) is 0 Å². The third kappa shape index (κ3) is 1.42. The number of hydrogen-bond donors (Lipinski definition) is 0. The van der Waals surface area contributed by atoms with E-state index in [1.807, 2.05) is 32.9 Å². The normalized spacial score (nSPS) is 48.8. The maximum atomic E-state index is 12.5. The Morgan fingerprint density at radius 1 is 1.04 bits per heavy atom. The summed E-state index contributed by atoms with van der Waals surface area (Å²) in [5.41, 5.74) is -1.85. The van der Waals surface area contributed by atoms with Crippen LogP contribution in [0.2, 0.25) is 0 Å². The van der Waals surface area contributed by atoms with Crippen LogP contribution < -0.4 is 0 Å². The average Bonchev–Trinajstić information content (AvgIpc) is 3.16. The molecule has 6 atom stereocenters. The highest BCUT2D eigenvalue weighted by Gasteiger charge is 2.78. The minimum Gasteiger partial charge on any atom is -0.466 e. The minimum absolute atomic E-state index is 0.0370. The van der Waals surface area contributed by atoms with Crippen molar-refractivity contribution in [2.24, 2.45) is 11.8 Å². The van der Waals surface area contributed by atoms with Gasteiger partial charge in [0.15, 0.2) is 0 Å². The molecule has 0 spiro atoms. The van der Waals surface area contributed by atoms with Crippen LogP contribution in [0, 0.1) is 11.8 Å². The topological polar surface area (TPSA) is 71.1 Å². The van der Waals surface area contributed by atoms with Gasteiger partial charge in [-0.15, -0.1) is 0 Å². The first-order chi connectivity index (χ1) is 10.7. The molecule has 4 bridgehead atoms. The molecule has 4 aliphatic rings. The van der Waals surface area contributed by atoms with Crippen LogP contribution in [-0.4, -0.2) is 49.1 Å². The van der Waals surface area contributed by atoms with Gasteiger partial charge in [-0.3, -0.25) is 0 Å². The van der Waals surface area contributed by atoms with Crippen LogP contribution in [-0.2, 0) is 28.5 Å². The van der Waals surface area contributed by atoms with Crippen molar-refractivity contribution >= 4 is 11.9 Å². The van der Waals surface area contributed by atoms with Gasteiger partial charge in [0, 0.05) is 11.8 Å². The molecule has 4 heterocycles. The van der Waals surface area contributed by atoms with Crippen molar-refractivity contribution in [3.05, 3.63) is 23.3 Å². The summed E-state index contributed by atoms with van der Waals surface area (Å²) in [5.74, 6) is -1.19. The van der Waals surface area contributed by atoms with E-state index in [1.54, 1.807) is 0 Å². The Kier molecular flexibility index (Phi) is 2.62. The van der Waals surface area contributed by atoms with Crippen LogP contribution >= 0.6 is 0 Å². The molecule has 2 saturated heterocycles. The zero-order valence-electron chi connectivity index (χ0n) is 13.8. The molecule has 6 heteroatoms. The van der Waals surface area contributed by atoms with Crippen LogP contribution in [0.4, 0.5) is 0 Å². The molecule has 23 heavy (non-hydrogen) atoms.